The first-order valence-electron chi connectivity index (χ1n) is 11.5. The van der Waals surface area contributed by atoms with Crippen LogP contribution in [0.25, 0.3) is 0 Å². The molecule has 8 nitrogen and oxygen atoms in total. The van der Waals surface area contributed by atoms with Gasteiger partial charge in [0.25, 0.3) is 5.91 Å². The molecule has 4 rings (SSSR count). The van der Waals surface area contributed by atoms with Crippen LogP contribution in [0.1, 0.15) is 13.3 Å². The van der Waals surface area contributed by atoms with Gasteiger partial charge in [-0.05, 0) is 42.8 Å². The molecular weight excluding hydrogens is 420 g/mol. The summed E-state index contributed by atoms with van der Waals surface area (Å²) in [6.07, 6.45) is 0.0167. The number of nitrogens with zero attached hydrogens (tertiary/aromatic N) is 3. The Kier molecular flexibility index (Phi) is 7.34. The van der Waals surface area contributed by atoms with E-state index in [1.807, 2.05) is 43.3 Å². The van der Waals surface area contributed by atoms with Gasteiger partial charge in [-0.1, -0.05) is 19.1 Å². The number of carbonyl (C=O) groups is 2. The van der Waals surface area contributed by atoms with Crippen molar-refractivity contribution in [3.05, 3.63) is 48.5 Å². The van der Waals surface area contributed by atoms with Crippen molar-refractivity contribution in [1.29, 1.82) is 0 Å². The van der Waals surface area contributed by atoms with E-state index in [-0.39, 0.29) is 18.4 Å². The molecular formula is C25H32N4O4. The molecule has 2 aromatic rings. The first-order chi connectivity index (χ1) is 16.1. The lowest BCUT2D eigenvalue weighted by molar-refractivity contribution is -0.129. The quantitative estimate of drug-likeness (QED) is 0.662. The summed E-state index contributed by atoms with van der Waals surface area (Å²) in [6.45, 7) is 7.01. The molecule has 1 fully saturated rings. The molecule has 2 aromatic carbocycles. The second-order valence-corrected chi connectivity index (χ2v) is 8.28. The topological polar surface area (TPSA) is 74.3 Å². The minimum atomic E-state index is -0.547. The third kappa shape index (κ3) is 5.39. The first-order valence-corrected chi connectivity index (χ1v) is 11.5. The number of methoxy groups -OCH3 is 1. The second kappa shape index (κ2) is 10.6. The number of nitrogens with one attached hydrogen (secondary N) is 1. The van der Waals surface area contributed by atoms with Gasteiger partial charge in [0.1, 0.15) is 18.0 Å². The van der Waals surface area contributed by atoms with Crippen LogP contribution in [-0.4, -0.2) is 75.7 Å². The average Bonchev–Trinajstić information content (AvgIpc) is 2.86. The molecule has 0 spiro atoms. The highest BCUT2D eigenvalue weighted by molar-refractivity contribution is 6.03. The Morgan fingerprint density at radius 1 is 1.09 bits per heavy atom. The molecule has 1 unspecified atom stereocenters. The lowest BCUT2D eigenvalue weighted by Gasteiger charge is -2.36. The van der Waals surface area contributed by atoms with E-state index >= 15 is 0 Å². The van der Waals surface area contributed by atoms with Gasteiger partial charge in [0.05, 0.1) is 12.8 Å². The summed E-state index contributed by atoms with van der Waals surface area (Å²) in [7, 11) is 1.67. The van der Waals surface area contributed by atoms with E-state index in [1.165, 1.54) is 10.6 Å². The molecule has 2 aliphatic heterocycles. The smallest absolute Gasteiger partial charge is 0.268 e. The van der Waals surface area contributed by atoms with Crippen molar-refractivity contribution in [2.24, 2.45) is 0 Å². The van der Waals surface area contributed by atoms with Crippen LogP contribution in [0.15, 0.2) is 48.5 Å². The summed E-state index contributed by atoms with van der Waals surface area (Å²) in [4.78, 5) is 31.6. The monoisotopic (exact) mass is 452 g/mol. The van der Waals surface area contributed by atoms with Gasteiger partial charge < -0.3 is 19.7 Å². The fourth-order valence-corrected chi connectivity index (χ4v) is 4.27. The summed E-state index contributed by atoms with van der Waals surface area (Å²) in [5.74, 6) is 1.18. The van der Waals surface area contributed by atoms with Gasteiger partial charge in [-0.3, -0.25) is 19.4 Å². The Morgan fingerprint density at radius 2 is 1.82 bits per heavy atom. The number of anilines is 2. The Morgan fingerprint density at radius 3 is 2.52 bits per heavy atom. The van der Waals surface area contributed by atoms with Crippen LogP contribution in [0, 0.1) is 0 Å². The van der Waals surface area contributed by atoms with Crippen molar-refractivity contribution < 1.29 is 19.1 Å². The molecule has 2 heterocycles. The van der Waals surface area contributed by atoms with Crippen LogP contribution in [0.2, 0.25) is 0 Å². The molecule has 1 saturated heterocycles. The highest BCUT2D eigenvalue weighted by atomic mass is 16.5. The van der Waals surface area contributed by atoms with Crippen LogP contribution in [0.3, 0.4) is 0 Å². The molecule has 0 aromatic heterocycles. The molecule has 2 amide bonds. The van der Waals surface area contributed by atoms with Crippen LogP contribution >= 0.6 is 0 Å². The third-order valence-corrected chi connectivity index (χ3v) is 6.20. The van der Waals surface area contributed by atoms with Crippen LogP contribution in [0.4, 0.5) is 11.4 Å². The van der Waals surface area contributed by atoms with Gasteiger partial charge in [-0.25, -0.2) is 0 Å². The summed E-state index contributed by atoms with van der Waals surface area (Å²) in [5, 5.41) is 2.97. The molecule has 0 aliphatic carbocycles. The van der Waals surface area contributed by atoms with Crippen LogP contribution < -0.4 is 24.6 Å². The molecule has 0 bridgehead atoms. The number of para-hydroxylation sites is 2. The van der Waals surface area contributed by atoms with Crippen molar-refractivity contribution in [2.75, 3.05) is 62.7 Å². The number of piperazine rings is 1. The number of benzene rings is 2. The SMILES string of the molecule is CCC1Oc2ccccc2N(CC(=O)NCCN2CCN(c3ccc(OC)cc3)CC2)C1=O. The maximum atomic E-state index is 12.8. The molecule has 0 radical (unpaired) electrons. The second-order valence-electron chi connectivity index (χ2n) is 8.28. The molecule has 1 N–H and O–H groups in total. The predicted molar refractivity (Wildman–Crippen MR) is 128 cm³/mol. The van der Waals surface area contributed by atoms with E-state index in [0.717, 1.165) is 38.5 Å². The maximum absolute atomic E-state index is 12.8. The Labute approximate surface area is 195 Å². The minimum Gasteiger partial charge on any atom is -0.497 e. The van der Waals surface area contributed by atoms with Crippen LogP contribution in [0.5, 0.6) is 11.5 Å². The largest absolute Gasteiger partial charge is 0.497 e. The third-order valence-electron chi connectivity index (χ3n) is 6.20. The van der Waals surface area contributed by atoms with Gasteiger partial charge in [-0.15, -0.1) is 0 Å². The van der Waals surface area contributed by atoms with E-state index in [1.54, 1.807) is 7.11 Å². The fraction of sp³-hybridized carbons (Fsp3) is 0.440. The molecule has 1 atom stereocenters. The number of hydrogen-bond donors (Lipinski definition) is 1. The number of hydrogen-bond acceptors (Lipinski definition) is 6. The van der Waals surface area contributed by atoms with Gasteiger partial charge in [0, 0.05) is 45.0 Å². The summed E-state index contributed by atoms with van der Waals surface area (Å²) >= 11 is 0. The van der Waals surface area contributed by atoms with E-state index in [4.69, 9.17) is 9.47 Å². The van der Waals surface area contributed by atoms with Crippen LogP contribution in [-0.2, 0) is 9.59 Å². The summed E-state index contributed by atoms with van der Waals surface area (Å²) < 4.78 is 11.0. The summed E-state index contributed by atoms with van der Waals surface area (Å²) in [5.41, 5.74) is 1.85. The fourth-order valence-electron chi connectivity index (χ4n) is 4.27. The highest BCUT2D eigenvalue weighted by Gasteiger charge is 2.34. The minimum absolute atomic E-state index is 0.000946. The number of carbonyl (C=O) groups excluding carboxylic acids is 2. The normalized spacial score (nSPS) is 18.5. The number of rotatable bonds is 8. The average molecular weight is 453 g/mol. The van der Waals surface area contributed by atoms with Crippen molar-refractivity contribution >= 4 is 23.2 Å². The van der Waals surface area contributed by atoms with E-state index in [9.17, 15) is 9.59 Å². The molecule has 0 saturated carbocycles. The van der Waals surface area contributed by atoms with Crippen molar-refractivity contribution in [3.63, 3.8) is 0 Å². The molecule has 176 valence electrons. The standard InChI is InChI=1S/C25H32N4O4/c1-3-22-25(31)29(21-6-4-5-7-23(21)33-22)18-24(30)26-12-13-27-14-16-28(17-15-27)19-8-10-20(32-2)11-9-19/h4-11,22H,3,12-18H2,1-2H3,(H,26,30). The zero-order chi connectivity index (χ0) is 23.2. The molecule has 8 heteroatoms. The van der Waals surface area contributed by atoms with E-state index in [2.05, 4.69) is 27.2 Å². The van der Waals surface area contributed by atoms with Crippen molar-refractivity contribution in [3.8, 4) is 11.5 Å². The summed E-state index contributed by atoms with van der Waals surface area (Å²) in [6, 6.07) is 15.5. The van der Waals surface area contributed by atoms with Crippen molar-refractivity contribution in [1.82, 2.24) is 10.2 Å². The Hall–Kier alpha value is -3.26. The van der Waals surface area contributed by atoms with Gasteiger partial charge >= 0.3 is 0 Å². The first kappa shape index (κ1) is 22.9. The molecule has 33 heavy (non-hydrogen) atoms. The predicted octanol–water partition coefficient (Wildman–Crippen LogP) is 2.14. The zero-order valence-electron chi connectivity index (χ0n) is 19.3. The Bertz CT molecular complexity index is 957. The van der Waals surface area contributed by atoms with Gasteiger partial charge in [0.15, 0.2) is 6.10 Å². The van der Waals surface area contributed by atoms with Crippen molar-refractivity contribution in [2.45, 2.75) is 19.4 Å². The van der Waals surface area contributed by atoms with E-state index < -0.39 is 6.10 Å². The zero-order valence-corrected chi connectivity index (χ0v) is 19.3. The highest BCUT2D eigenvalue weighted by Crippen LogP contribution is 2.34. The maximum Gasteiger partial charge on any atom is 0.268 e. The lowest BCUT2D eigenvalue weighted by Crippen LogP contribution is -2.51. The molecule has 2 aliphatic rings. The lowest BCUT2D eigenvalue weighted by atomic mass is 10.1. The van der Waals surface area contributed by atoms with Gasteiger partial charge in [-0.2, -0.15) is 0 Å². The Balaban J connectivity index is 1.23. The number of fused-ring (bicyclic) bond motifs is 1. The number of amides is 2. The van der Waals surface area contributed by atoms with Gasteiger partial charge in [0.2, 0.25) is 5.91 Å². The number of ether oxygens (including phenoxy) is 2. The van der Waals surface area contributed by atoms with E-state index in [0.29, 0.717) is 24.4 Å².